The summed E-state index contributed by atoms with van der Waals surface area (Å²) in [6.45, 7) is 4.21. The number of carbonyl (C=O) groups excluding carboxylic acids is 1. The van der Waals surface area contributed by atoms with E-state index in [0.29, 0.717) is 29.6 Å². The Labute approximate surface area is 197 Å². The lowest BCUT2D eigenvalue weighted by Gasteiger charge is -2.14. The number of halogens is 2. The first-order valence-electron chi connectivity index (χ1n) is 10.5. The van der Waals surface area contributed by atoms with E-state index in [9.17, 15) is 18.4 Å². The van der Waals surface area contributed by atoms with E-state index in [4.69, 9.17) is 4.74 Å². The summed E-state index contributed by atoms with van der Waals surface area (Å²) in [5.41, 5.74) is 0.0974. The van der Waals surface area contributed by atoms with Gasteiger partial charge in [-0.25, -0.2) is 8.78 Å². The maximum absolute atomic E-state index is 13.9. The second-order valence-corrected chi connectivity index (χ2v) is 8.37. The summed E-state index contributed by atoms with van der Waals surface area (Å²) in [7, 11) is 0. The lowest BCUT2D eigenvalue weighted by Crippen LogP contribution is -2.25. The molecule has 176 valence electrons. The first-order valence-corrected chi connectivity index (χ1v) is 11.4. The molecule has 2 heterocycles. The molecule has 0 radical (unpaired) electrons. The lowest BCUT2D eigenvalue weighted by molar-refractivity contribution is -0.115. The predicted molar refractivity (Wildman–Crippen MR) is 125 cm³/mol. The van der Waals surface area contributed by atoms with Gasteiger partial charge < -0.3 is 10.1 Å². The van der Waals surface area contributed by atoms with Gasteiger partial charge in [-0.2, -0.15) is 0 Å². The summed E-state index contributed by atoms with van der Waals surface area (Å²) in [5, 5.41) is 10.1. The molecule has 0 aliphatic heterocycles. The van der Waals surface area contributed by atoms with Crippen LogP contribution in [0.5, 0.6) is 5.75 Å². The van der Waals surface area contributed by atoms with Crippen LogP contribution in [0.2, 0.25) is 0 Å². The lowest BCUT2D eigenvalue weighted by atomic mass is 10.2. The molecule has 2 aromatic heterocycles. The Balaban J connectivity index is 1.57. The fourth-order valence-electron chi connectivity index (χ4n) is 3.28. The number of rotatable bonds is 8. The van der Waals surface area contributed by atoms with E-state index >= 15 is 0 Å². The van der Waals surface area contributed by atoms with Crippen LogP contribution in [0.15, 0.2) is 64.8 Å². The van der Waals surface area contributed by atoms with Crippen molar-refractivity contribution >= 4 is 29.0 Å². The molecule has 0 spiro atoms. The van der Waals surface area contributed by atoms with Crippen molar-refractivity contribution in [2.45, 2.75) is 30.7 Å². The maximum atomic E-state index is 13.9. The first kappa shape index (κ1) is 23.4. The molecule has 1 atom stereocenters. The molecule has 4 rings (SSSR count). The van der Waals surface area contributed by atoms with E-state index in [1.807, 2.05) is 6.92 Å². The largest absolute Gasteiger partial charge is 0.494 e. The Kier molecular flexibility index (Phi) is 6.92. The van der Waals surface area contributed by atoms with Gasteiger partial charge in [0.1, 0.15) is 17.4 Å². The minimum Gasteiger partial charge on any atom is -0.494 e. The van der Waals surface area contributed by atoms with Crippen molar-refractivity contribution in [2.24, 2.45) is 0 Å². The molecule has 11 heteroatoms. The van der Waals surface area contributed by atoms with Gasteiger partial charge in [0.2, 0.25) is 11.6 Å². The number of hydrogen-bond acceptors (Lipinski definition) is 6. The summed E-state index contributed by atoms with van der Waals surface area (Å²) in [6.07, 6.45) is 3.60. The number of benzene rings is 2. The second kappa shape index (κ2) is 10.0. The third kappa shape index (κ3) is 4.79. The Morgan fingerprint density at radius 1 is 1.12 bits per heavy atom. The fourth-order valence-corrected chi connectivity index (χ4v) is 4.21. The molecular weight excluding hydrogens is 464 g/mol. The molecule has 2 aromatic carbocycles. The molecule has 1 N–H and O–H groups in total. The molecule has 4 aromatic rings. The van der Waals surface area contributed by atoms with Crippen molar-refractivity contribution in [2.75, 3.05) is 11.9 Å². The van der Waals surface area contributed by atoms with Crippen molar-refractivity contribution < 1.29 is 18.3 Å². The average Bonchev–Trinajstić information content (AvgIpc) is 3.24. The predicted octanol–water partition coefficient (Wildman–Crippen LogP) is 4.07. The number of fused-ring (bicyclic) bond motifs is 1. The Morgan fingerprint density at radius 2 is 1.88 bits per heavy atom. The average molecular weight is 486 g/mol. The second-order valence-electron chi connectivity index (χ2n) is 7.20. The van der Waals surface area contributed by atoms with Crippen LogP contribution in [0.1, 0.15) is 20.3 Å². The summed E-state index contributed by atoms with van der Waals surface area (Å²) in [4.78, 5) is 25.7. The van der Waals surface area contributed by atoms with Gasteiger partial charge in [0, 0.05) is 24.1 Å². The molecule has 8 nitrogen and oxygen atoms in total. The van der Waals surface area contributed by atoms with Gasteiger partial charge in [-0.05, 0) is 49.7 Å². The minimum absolute atomic E-state index is 0.0883. The number of thioether (sulfide) groups is 1. The number of nitrogens with one attached hydrogen (secondary N) is 1. The zero-order valence-corrected chi connectivity index (χ0v) is 19.2. The third-order valence-corrected chi connectivity index (χ3v) is 6.28. The molecule has 0 aliphatic carbocycles. The molecule has 34 heavy (non-hydrogen) atoms. The van der Waals surface area contributed by atoms with Crippen LogP contribution in [0.25, 0.3) is 11.3 Å². The quantitative estimate of drug-likeness (QED) is 0.379. The van der Waals surface area contributed by atoms with Crippen LogP contribution in [0.4, 0.5) is 14.5 Å². The van der Waals surface area contributed by atoms with E-state index in [1.54, 1.807) is 43.6 Å². The highest BCUT2D eigenvalue weighted by atomic mass is 32.2. The van der Waals surface area contributed by atoms with E-state index in [0.717, 1.165) is 30.0 Å². The number of ether oxygens (including phenoxy) is 1. The highest BCUT2D eigenvalue weighted by Crippen LogP contribution is 2.26. The van der Waals surface area contributed by atoms with Crippen LogP contribution < -0.4 is 15.6 Å². The van der Waals surface area contributed by atoms with Crippen molar-refractivity contribution in [1.29, 1.82) is 0 Å². The molecule has 1 amide bonds. The topological polar surface area (TPSA) is 90.5 Å². The van der Waals surface area contributed by atoms with E-state index in [1.165, 1.54) is 8.97 Å². The molecule has 0 aliphatic rings. The Bertz CT molecular complexity index is 1390. The normalized spacial score (nSPS) is 12.0. The molecule has 0 saturated heterocycles. The van der Waals surface area contributed by atoms with Gasteiger partial charge in [-0.1, -0.05) is 18.7 Å². The molecule has 0 saturated carbocycles. The minimum atomic E-state index is -0.739. The fraction of sp³-hybridized carbons (Fsp3) is 0.217. The third-order valence-electron chi connectivity index (χ3n) is 4.96. The zero-order chi connectivity index (χ0) is 24.2. The number of aromatic nitrogens is 4. The van der Waals surface area contributed by atoms with Crippen molar-refractivity contribution in [3.05, 3.63) is 76.8 Å². The van der Waals surface area contributed by atoms with Gasteiger partial charge in [-0.3, -0.25) is 18.6 Å². The molecular formula is C23H21F2N5O3S. The van der Waals surface area contributed by atoms with Crippen LogP contribution in [0.3, 0.4) is 0 Å². The van der Waals surface area contributed by atoms with Gasteiger partial charge in [0.25, 0.3) is 0 Å². The summed E-state index contributed by atoms with van der Waals surface area (Å²) < 4.78 is 35.7. The molecule has 1 unspecified atom stereocenters. The van der Waals surface area contributed by atoms with Crippen LogP contribution >= 0.6 is 11.8 Å². The van der Waals surface area contributed by atoms with Crippen molar-refractivity contribution in [3.63, 3.8) is 0 Å². The number of carbonyl (C=O) groups is 1. The smallest absolute Gasteiger partial charge is 0.300 e. The van der Waals surface area contributed by atoms with E-state index in [2.05, 4.69) is 15.5 Å². The Hall–Kier alpha value is -3.73. The van der Waals surface area contributed by atoms with E-state index in [-0.39, 0.29) is 16.9 Å². The number of anilines is 1. The summed E-state index contributed by atoms with van der Waals surface area (Å²) in [5.74, 6) is -1.22. The highest BCUT2D eigenvalue weighted by molar-refractivity contribution is 8.00. The molecule has 0 fully saturated rings. The van der Waals surface area contributed by atoms with Crippen molar-refractivity contribution in [3.8, 4) is 11.4 Å². The Morgan fingerprint density at radius 3 is 2.59 bits per heavy atom. The van der Waals surface area contributed by atoms with Gasteiger partial charge in [0.15, 0.2) is 5.16 Å². The van der Waals surface area contributed by atoms with E-state index < -0.39 is 22.8 Å². The SMILES string of the molecule is CCOc1ccc(-n2ccn3c(SC(CC)C(=O)Nc4cc(F)ccc4F)nnc3c2=O)cc1. The highest BCUT2D eigenvalue weighted by Gasteiger charge is 2.23. The standard InChI is InChI=1S/C23H21F2N5O3S/c1-3-19(21(31)26-18-13-14(24)5-10-17(18)25)34-23-28-27-20-22(32)29(11-12-30(20)23)15-6-8-16(9-7-15)33-4-2/h5-13,19H,3-4H2,1-2H3,(H,26,31). The van der Waals surface area contributed by atoms with Gasteiger partial charge in [0.05, 0.1) is 17.5 Å². The number of amides is 1. The summed E-state index contributed by atoms with van der Waals surface area (Å²) in [6, 6.07) is 9.90. The van der Waals surface area contributed by atoms with Gasteiger partial charge >= 0.3 is 5.56 Å². The van der Waals surface area contributed by atoms with Crippen LogP contribution in [0, 0.1) is 11.6 Å². The summed E-state index contributed by atoms with van der Waals surface area (Å²) >= 11 is 1.08. The number of nitrogens with zero attached hydrogens (tertiary/aromatic N) is 4. The van der Waals surface area contributed by atoms with Crippen LogP contribution in [-0.2, 0) is 4.79 Å². The van der Waals surface area contributed by atoms with Gasteiger partial charge in [-0.15, -0.1) is 10.2 Å². The maximum Gasteiger partial charge on any atom is 0.300 e. The number of hydrogen-bond donors (Lipinski definition) is 1. The van der Waals surface area contributed by atoms with Crippen LogP contribution in [-0.4, -0.2) is 36.9 Å². The zero-order valence-electron chi connectivity index (χ0n) is 18.4. The monoisotopic (exact) mass is 485 g/mol. The first-order chi connectivity index (χ1) is 16.4. The molecule has 0 bridgehead atoms. The van der Waals surface area contributed by atoms with Crippen molar-refractivity contribution in [1.82, 2.24) is 19.2 Å².